The lowest BCUT2D eigenvalue weighted by atomic mass is 10.0. The van der Waals surface area contributed by atoms with Crippen LogP contribution in [0.25, 0.3) is 0 Å². The third-order valence-electron chi connectivity index (χ3n) is 2.62. The molecule has 0 saturated heterocycles. The van der Waals surface area contributed by atoms with E-state index >= 15 is 0 Å². The van der Waals surface area contributed by atoms with E-state index in [1.807, 2.05) is 31.2 Å². The van der Waals surface area contributed by atoms with E-state index in [9.17, 15) is 4.79 Å². The van der Waals surface area contributed by atoms with Gasteiger partial charge in [0, 0.05) is 6.42 Å². The van der Waals surface area contributed by atoms with E-state index in [4.69, 9.17) is 11.5 Å². The first-order chi connectivity index (χ1) is 8.08. The molecule has 0 atom stereocenters. The van der Waals surface area contributed by atoms with Crippen molar-refractivity contribution in [3.8, 4) is 0 Å². The molecule has 1 aromatic carbocycles. The van der Waals surface area contributed by atoms with Crippen molar-refractivity contribution in [3.63, 3.8) is 0 Å². The summed E-state index contributed by atoms with van der Waals surface area (Å²) < 4.78 is 0. The minimum atomic E-state index is -0.557. The molecule has 0 aliphatic carbocycles. The van der Waals surface area contributed by atoms with Gasteiger partial charge in [-0.15, -0.1) is 0 Å². The quantitative estimate of drug-likeness (QED) is 0.733. The van der Waals surface area contributed by atoms with Gasteiger partial charge >= 0.3 is 0 Å². The molecule has 5 heteroatoms. The maximum absolute atomic E-state index is 11.2. The van der Waals surface area contributed by atoms with Gasteiger partial charge in [0.2, 0.25) is 0 Å². The third-order valence-corrected chi connectivity index (χ3v) is 2.62. The highest BCUT2D eigenvalue weighted by molar-refractivity contribution is 5.98. The van der Waals surface area contributed by atoms with E-state index in [0.717, 1.165) is 5.56 Å². The summed E-state index contributed by atoms with van der Waals surface area (Å²) in [7, 11) is 0. The van der Waals surface area contributed by atoms with Crippen LogP contribution in [-0.4, -0.2) is 16.1 Å². The van der Waals surface area contributed by atoms with E-state index in [1.165, 1.54) is 5.56 Å². The summed E-state index contributed by atoms with van der Waals surface area (Å²) in [5.41, 5.74) is 14.0. The first-order valence-electron chi connectivity index (χ1n) is 5.26. The van der Waals surface area contributed by atoms with Crippen molar-refractivity contribution < 1.29 is 4.79 Å². The Labute approximate surface area is 98.8 Å². The molecule has 88 valence electrons. The van der Waals surface area contributed by atoms with Gasteiger partial charge in [0.25, 0.3) is 5.91 Å². The predicted octanol–water partition coefficient (Wildman–Crippen LogP) is 0.990. The second kappa shape index (κ2) is 4.29. The van der Waals surface area contributed by atoms with Gasteiger partial charge in [0.05, 0.1) is 5.69 Å². The molecule has 1 amide bonds. The summed E-state index contributed by atoms with van der Waals surface area (Å²) in [6.07, 6.45) is 0.558. The normalized spacial score (nSPS) is 10.4. The number of H-pyrrole nitrogens is 1. The fourth-order valence-corrected chi connectivity index (χ4v) is 1.71. The smallest absolute Gasteiger partial charge is 0.254 e. The number of aromatic amines is 1. The molecule has 2 rings (SSSR count). The second-order valence-corrected chi connectivity index (χ2v) is 3.99. The molecule has 0 aliphatic rings. The maximum Gasteiger partial charge on any atom is 0.254 e. The van der Waals surface area contributed by atoms with Crippen molar-refractivity contribution in [2.45, 2.75) is 13.3 Å². The highest BCUT2D eigenvalue weighted by Gasteiger charge is 2.15. The van der Waals surface area contributed by atoms with E-state index in [-0.39, 0.29) is 11.4 Å². The SMILES string of the molecule is Cc1ccc(Cc2[nH]nc(N)c2C(N)=O)cc1. The highest BCUT2D eigenvalue weighted by Crippen LogP contribution is 2.16. The molecule has 5 nitrogen and oxygen atoms in total. The maximum atomic E-state index is 11.2. The number of amides is 1. The Morgan fingerprint density at radius 3 is 2.59 bits per heavy atom. The zero-order chi connectivity index (χ0) is 12.4. The van der Waals surface area contributed by atoms with Gasteiger partial charge in [-0.1, -0.05) is 29.8 Å². The number of nitrogens with two attached hydrogens (primary N) is 2. The summed E-state index contributed by atoms with van der Waals surface area (Å²) in [4.78, 5) is 11.2. The number of hydrogen-bond donors (Lipinski definition) is 3. The molecule has 0 bridgehead atoms. The van der Waals surface area contributed by atoms with Crippen LogP contribution in [0.3, 0.4) is 0 Å². The van der Waals surface area contributed by atoms with Gasteiger partial charge in [-0.3, -0.25) is 9.89 Å². The Bertz CT molecular complexity index is 542. The number of rotatable bonds is 3. The Balaban J connectivity index is 2.30. The number of nitrogens with zero attached hydrogens (tertiary/aromatic N) is 1. The van der Waals surface area contributed by atoms with Crippen molar-refractivity contribution in [3.05, 3.63) is 46.6 Å². The van der Waals surface area contributed by atoms with Crippen LogP contribution in [0.5, 0.6) is 0 Å². The monoisotopic (exact) mass is 230 g/mol. The third kappa shape index (κ3) is 2.28. The van der Waals surface area contributed by atoms with Crippen molar-refractivity contribution in [1.29, 1.82) is 0 Å². The molecule has 0 aliphatic heterocycles. The number of aryl methyl sites for hydroxylation is 1. The van der Waals surface area contributed by atoms with Gasteiger partial charge in [-0.25, -0.2) is 0 Å². The van der Waals surface area contributed by atoms with Crippen LogP contribution in [0.1, 0.15) is 27.2 Å². The highest BCUT2D eigenvalue weighted by atomic mass is 16.1. The lowest BCUT2D eigenvalue weighted by Gasteiger charge is -2.02. The number of primary amides is 1. The number of hydrogen-bond acceptors (Lipinski definition) is 3. The summed E-state index contributed by atoms with van der Waals surface area (Å²) in [6.45, 7) is 2.02. The van der Waals surface area contributed by atoms with E-state index in [2.05, 4.69) is 10.2 Å². The van der Waals surface area contributed by atoms with Gasteiger partial charge in [-0.05, 0) is 12.5 Å². The van der Waals surface area contributed by atoms with E-state index in [0.29, 0.717) is 12.1 Å². The van der Waals surface area contributed by atoms with Crippen LogP contribution in [0, 0.1) is 6.92 Å². The zero-order valence-corrected chi connectivity index (χ0v) is 9.53. The molecule has 0 radical (unpaired) electrons. The van der Waals surface area contributed by atoms with Crippen molar-refractivity contribution >= 4 is 11.7 Å². The molecule has 1 heterocycles. The predicted molar refractivity (Wildman–Crippen MR) is 65.5 cm³/mol. The number of nitrogens with one attached hydrogen (secondary N) is 1. The van der Waals surface area contributed by atoms with Crippen molar-refractivity contribution in [2.75, 3.05) is 5.73 Å². The first-order valence-corrected chi connectivity index (χ1v) is 5.26. The minimum absolute atomic E-state index is 0.152. The Morgan fingerprint density at radius 1 is 1.35 bits per heavy atom. The zero-order valence-electron chi connectivity index (χ0n) is 9.53. The molecule has 0 saturated carbocycles. The van der Waals surface area contributed by atoms with Crippen LogP contribution >= 0.6 is 0 Å². The molecule has 5 N–H and O–H groups in total. The lowest BCUT2D eigenvalue weighted by Crippen LogP contribution is -2.14. The summed E-state index contributed by atoms with van der Waals surface area (Å²) in [6, 6.07) is 8.02. The lowest BCUT2D eigenvalue weighted by molar-refractivity contribution is 0.100. The van der Waals surface area contributed by atoms with Crippen molar-refractivity contribution in [1.82, 2.24) is 10.2 Å². The molecule has 1 aromatic heterocycles. The molecular weight excluding hydrogens is 216 g/mol. The summed E-state index contributed by atoms with van der Waals surface area (Å²) in [5.74, 6) is -0.405. The fraction of sp³-hybridized carbons (Fsp3) is 0.167. The van der Waals surface area contributed by atoms with Crippen LogP contribution in [0.15, 0.2) is 24.3 Å². The van der Waals surface area contributed by atoms with Crippen LogP contribution in [-0.2, 0) is 6.42 Å². The van der Waals surface area contributed by atoms with Crippen molar-refractivity contribution in [2.24, 2.45) is 5.73 Å². The average Bonchev–Trinajstić information content (AvgIpc) is 2.63. The molecule has 0 spiro atoms. The number of aromatic nitrogens is 2. The Kier molecular flexibility index (Phi) is 2.82. The summed E-state index contributed by atoms with van der Waals surface area (Å²) in [5, 5.41) is 6.55. The number of benzene rings is 1. The fourth-order valence-electron chi connectivity index (χ4n) is 1.71. The second-order valence-electron chi connectivity index (χ2n) is 3.99. The molecule has 0 unspecified atom stereocenters. The number of nitrogen functional groups attached to an aromatic ring is 1. The number of anilines is 1. The Morgan fingerprint density at radius 2 is 2.00 bits per heavy atom. The van der Waals surface area contributed by atoms with Gasteiger partial charge < -0.3 is 11.5 Å². The number of carbonyl (C=O) groups excluding carboxylic acids is 1. The van der Waals surface area contributed by atoms with Gasteiger partial charge in [0.15, 0.2) is 5.82 Å². The summed E-state index contributed by atoms with van der Waals surface area (Å²) >= 11 is 0. The first kappa shape index (κ1) is 11.2. The number of carbonyl (C=O) groups is 1. The van der Waals surface area contributed by atoms with Crippen LogP contribution in [0.2, 0.25) is 0 Å². The van der Waals surface area contributed by atoms with Gasteiger partial charge in [-0.2, -0.15) is 5.10 Å². The minimum Gasteiger partial charge on any atom is -0.382 e. The molecule has 17 heavy (non-hydrogen) atoms. The molecule has 2 aromatic rings. The van der Waals surface area contributed by atoms with E-state index in [1.54, 1.807) is 0 Å². The largest absolute Gasteiger partial charge is 0.382 e. The standard InChI is InChI=1S/C12H14N4O/c1-7-2-4-8(5-3-7)6-9-10(12(14)17)11(13)16-15-9/h2-5H,6H2,1H3,(H2,14,17)(H3,13,15,16). The topological polar surface area (TPSA) is 97.8 Å². The average molecular weight is 230 g/mol. The molecule has 0 fully saturated rings. The Hall–Kier alpha value is -2.30. The van der Waals surface area contributed by atoms with Crippen LogP contribution < -0.4 is 11.5 Å². The molecular formula is C12H14N4O. The van der Waals surface area contributed by atoms with Crippen LogP contribution in [0.4, 0.5) is 5.82 Å². The van der Waals surface area contributed by atoms with E-state index < -0.39 is 5.91 Å². The van der Waals surface area contributed by atoms with Gasteiger partial charge in [0.1, 0.15) is 5.56 Å².